The van der Waals surface area contributed by atoms with Crippen LogP contribution in [0.4, 0.5) is 10.1 Å². The molecule has 1 amide bonds. The standard InChI is InChI=1S/C22H25FN4O5S/c1-12-7-14(31-4)9-25-18(12)19(28)26-13-5-6-16(23)15(8-13)22-11-32-10-17(22)33(29,30)21(2,3)20(24)27-22/h5-9,17H,10-11H2,1-4H3,(H2,24,27)(H,26,28)/t17-,22+/m1/s1. The third-order valence-corrected chi connectivity index (χ3v) is 9.25. The molecule has 4 rings (SSSR count). The molecule has 0 unspecified atom stereocenters. The number of rotatable bonds is 4. The molecule has 0 saturated carbocycles. The molecule has 33 heavy (non-hydrogen) atoms. The monoisotopic (exact) mass is 476 g/mol. The van der Waals surface area contributed by atoms with Crippen molar-refractivity contribution in [2.75, 3.05) is 25.6 Å². The number of methoxy groups -OCH3 is 1. The minimum absolute atomic E-state index is 0.00997. The predicted molar refractivity (Wildman–Crippen MR) is 121 cm³/mol. The SMILES string of the molecule is COc1cnc(C(=O)Nc2ccc(F)c([C@@]34COC[C@H]3S(=O)(=O)C(C)(C)C(N)=N4)c2)c(C)c1. The number of amidine groups is 1. The number of nitrogens with zero attached hydrogens (tertiary/aromatic N) is 2. The predicted octanol–water partition coefficient (Wildman–Crippen LogP) is 1.95. The molecule has 3 heterocycles. The molecule has 2 aromatic rings. The van der Waals surface area contributed by atoms with Gasteiger partial charge >= 0.3 is 0 Å². The molecule has 1 saturated heterocycles. The summed E-state index contributed by atoms with van der Waals surface area (Å²) in [7, 11) is -2.36. The molecule has 0 aliphatic carbocycles. The molecule has 1 aromatic heterocycles. The highest BCUT2D eigenvalue weighted by Gasteiger charge is 2.62. The Morgan fingerprint density at radius 2 is 2.06 bits per heavy atom. The first kappa shape index (κ1) is 23.1. The average molecular weight is 477 g/mol. The number of nitrogens with two attached hydrogens (primary N) is 1. The van der Waals surface area contributed by atoms with E-state index in [2.05, 4.69) is 15.3 Å². The number of aliphatic imine (C=N–C) groups is 1. The van der Waals surface area contributed by atoms with E-state index in [0.717, 1.165) is 6.07 Å². The Kier molecular flexibility index (Phi) is 5.44. The van der Waals surface area contributed by atoms with Crippen LogP contribution in [0.1, 0.15) is 35.5 Å². The first-order valence-electron chi connectivity index (χ1n) is 10.2. The number of hydrogen-bond acceptors (Lipinski definition) is 8. The highest BCUT2D eigenvalue weighted by Crippen LogP contribution is 2.47. The molecule has 3 N–H and O–H groups in total. The fourth-order valence-electron chi connectivity index (χ4n) is 4.19. The van der Waals surface area contributed by atoms with E-state index in [1.807, 2.05) is 0 Å². The number of hydrogen-bond donors (Lipinski definition) is 2. The lowest BCUT2D eigenvalue weighted by Gasteiger charge is -2.41. The number of halogens is 1. The number of pyridine rings is 1. The number of aromatic nitrogens is 1. The van der Waals surface area contributed by atoms with Crippen molar-refractivity contribution in [3.05, 3.63) is 53.1 Å². The Hall–Kier alpha value is -3.05. The minimum atomic E-state index is -3.86. The average Bonchev–Trinajstić information content (AvgIpc) is 3.19. The van der Waals surface area contributed by atoms with Crippen molar-refractivity contribution in [2.24, 2.45) is 10.7 Å². The van der Waals surface area contributed by atoms with Gasteiger partial charge in [0.1, 0.15) is 38.6 Å². The van der Waals surface area contributed by atoms with Crippen molar-refractivity contribution in [1.29, 1.82) is 0 Å². The van der Waals surface area contributed by atoms with Crippen LogP contribution in [-0.4, -0.2) is 55.5 Å². The molecule has 2 aliphatic rings. The fraction of sp³-hybridized carbons (Fsp3) is 0.409. The number of benzene rings is 1. The van der Waals surface area contributed by atoms with E-state index in [-0.39, 0.29) is 36.0 Å². The van der Waals surface area contributed by atoms with E-state index in [0.29, 0.717) is 11.3 Å². The number of carbonyl (C=O) groups excluding carboxylic acids is 1. The lowest BCUT2D eigenvalue weighted by Crippen LogP contribution is -2.60. The zero-order valence-electron chi connectivity index (χ0n) is 18.7. The number of aryl methyl sites for hydroxylation is 1. The summed E-state index contributed by atoms with van der Waals surface area (Å²) >= 11 is 0. The van der Waals surface area contributed by atoms with Gasteiger partial charge in [0.05, 0.1) is 26.5 Å². The number of sulfone groups is 1. The van der Waals surface area contributed by atoms with Crippen molar-refractivity contribution in [2.45, 2.75) is 36.3 Å². The number of nitrogens with one attached hydrogen (secondary N) is 1. The van der Waals surface area contributed by atoms with Crippen molar-refractivity contribution in [3.63, 3.8) is 0 Å². The van der Waals surface area contributed by atoms with Crippen molar-refractivity contribution < 1.29 is 27.1 Å². The summed E-state index contributed by atoms with van der Waals surface area (Å²) in [5, 5.41) is 1.58. The van der Waals surface area contributed by atoms with Gasteiger partial charge < -0.3 is 20.5 Å². The Balaban J connectivity index is 1.75. The summed E-state index contributed by atoms with van der Waals surface area (Å²) < 4.78 is 50.9. The van der Waals surface area contributed by atoms with Gasteiger partial charge in [0.15, 0.2) is 9.84 Å². The van der Waals surface area contributed by atoms with E-state index < -0.39 is 37.1 Å². The van der Waals surface area contributed by atoms with Gasteiger partial charge in [-0.2, -0.15) is 0 Å². The van der Waals surface area contributed by atoms with E-state index >= 15 is 4.39 Å². The van der Waals surface area contributed by atoms with E-state index in [1.165, 1.54) is 39.3 Å². The van der Waals surface area contributed by atoms with Crippen molar-refractivity contribution in [1.82, 2.24) is 4.98 Å². The lowest BCUT2D eigenvalue weighted by molar-refractivity contribution is 0.102. The maximum atomic E-state index is 15.1. The largest absolute Gasteiger partial charge is 0.495 e. The highest BCUT2D eigenvalue weighted by atomic mass is 32.2. The number of fused-ring (bicyclic) bond motifs is 1. The molecule has 176 valence electrons. The Bertz CT molecular complexity index is 1280. The van der Waals surface area contributed by atoms with Gasteiger partial charge in [0, 0.05) is 11.3 Å². The number of amides is 1. The van der Waals surface area contributed by atoms with Crippen LogP contribution in [0.25, 0.3) is 0 Å². The molecular weight excluding hydrogens is 451 g/mol. The molecule has 11 heteroatoms. The van der Waals surface area contributed by atoms with Crippen LogP contribution >= 0.6 is 0 Å². The Morgan fingerprint density at radius 3 is 2.73 bits per heavy atom. The van der Waals surface area contributed by atoms with E-state index in [1.54, 1.807) is 13.0 Å². The normalized spacial score (nSPS) is 25.1. The first-order valence-corrected chi connectivity index (χ1v) is 11.8. The van der Waals surface area contributed by atoms with E-state index in [4.69, 9.17) is 15.2 Å². The number of ether oxygens (including phenoxy) is 2. The summed E-state index contributed by atoms with van der Waals surface area (Å²) in [4.78, 5) is 21.4. The quantitative estimate of drug-likeness (QED) is 0.689. The molecule has 0 bridgehead atoms. The van der Waals surface area contributed by atoms with Crippen molar-refractivity contribution >= 4 is 27.3 Å². The smallest absolute Gasteiger partial charge is 0.274 e. The second kappa shape index (κ2) is 7.77. The second-order valence-electron chi connectivity index (χ2n) is 8.67. The van der Waals surface area contributed by atoms with E-state index in [9.17, 15) is 13.2 Å². The summed E-state index contributed by atoms with van der Waals surface area (Å²) in [6, 6.07) is 5.58. The van der Waals surface area contributed by atoms with Gasteiger partial charge in [-0.05, 0) is 50.6 Å². The highest BCUT2D eigenvalue weighted by molar-refractivity contribution is 7.94. The topological polar surface area (TPSA) is 133 Å². The van der Waals surface area contributed by atoms with Gasteiger partial charge in [0.2, 0.25) is 0 Å². The Morgan fingerprint density at radius 1 is 1.33 bits per heavy atom. The molecule has 2 aliphatic heterocycles. The van der Waals surface area contributed by atoms with Crippen LogP contribution in [0.2, 0.25) is 0 Å². The van der Waals surface area contributed by atoms with Gasteiger partial charge in [-0.25, -0.2) is 17.8 Å². The third-order valence-electron chi connectivity index (χ3n) is 6.34. The van der Waals surface area contributed by atoms with Crippen LogP contribution in [0.3, 0.4) is 0 Å². The van der Waals surface area contributed by atoms with Gasteiger partial charge in [-0.15, -0.1) is 0 Å². The Labute approximate surface area is 191 Å². The summed E-state index contributed by atoms with van der Waals surface area (Å²) in [6.45, 7) is 4.38. The molecule has 0 spiro atoms. The maximum absolute atomic E-state index is 15.1. The van der Waals surface area contributed by atoms with Gasteiger partial charge in [-0.1, -0.05) is 0 Å². The molecule has 9 nitrogen and oxygen atoms in total. The number of carbonyl (C=O) groups is 1. The third kappa shape index (κ3) is 3.46. The van der Waals surface area contributed by atoms with Crippen molar-refractivity contribution in [3.8, 4) is 5.75 Å². The van der Waals surface area contributed by atoms with Crippen LogP contribution in [0.5, 0.6) is 5.75 Å². The second-order valence-corrected chi connectivity index (χ2v) is 11.3. The van der Waals surface area contributed by atoms with Gasteiger partial charge in [0.25, 0.3) is 5.91 Å². The van der Waals surface area contributed by atoms with Crippen LogP contribution in [0.15, 0.2) is 35.5 Å². The molecule has 0 radical (unpaired) electrons. The van der Waals surface area contributed by atoms with Crippen LogP contribution in [-0.2, 0) is 20.1 Å². The molecule has 1 aromatic carbocycles. The maximum Gasteiger partial charge on any atom is 0.274 e. The fourth-order valence-corrected chi connectivity index (χ4v) is 6.27. The first-order chi connectivity index (χ1) is 15.4. The summed E-state index contributed by atoms with van der Waals surface area (Å²) in [5.74, 6) is -0.786. The van der Waals surface area contributed by atoms with Crippen LogP contribution in [0, 0.1) is 12.7 Å². The minimum Gasteiger partial charge on any atom is -0.495 e. The molecule has 2 atom stereocenters. The zero-order chi connectivity index (χ0) is 24.2. The number of anilines is 1. The van der Waals surface area contributed by atoms with Gasteiger partial charge in [-0.3, -0.25) is 9.79 Å². The molecular formula is C22H25FN4O5S. The molecule has 1 fully saturated rings. The summed E-state index contributed by atoms with van der Waals surface area (Å²) in [5.41, 5.74) is 5.52. The summed E-state index contributed by atoms with van der Waals surface area (Å²) in [6.07, 6.45) is 1.42. The lowest BCUT2D eigenvalue weighted by atomic mass is 9.87. The zero-order valence-corrected chi connectivity index (χ0v) is 19.5. The van der Waals surface area contributed by atoms with Crippen LogP contribution < -0.4 is 15.8 Å².